The Labute approximate surface area is 122 Å². The Kier molecular flexibility index (Phi) is 3.37. The lowest BCUT2D eigenvalue weighted by Gasteiger charge is -2.36. The lowest BCUT2D eigenvalue weighted by atomic mass is 9.93. The molecule has 3 heterocycles. The number of carboxylic acid groups (broad SMARTS) is 1. The van der Waals surface area contributed by atoms with E-state index in [9.17, 15) is 14.7 Å². The monoisotopic (exact) mass is 287 g/mol. The minimum absolute atomic E-state index is 0.0479. The number of aromatic nitrogens is 2. The SMILES string of the molecule is CC1CCC(C(=O)O)CN1C(=O)c1cnn2ccccc12. The number of hydrogen-bond donors (Lipinski definition) is 1. The summed E-state index contributed by atoms with van der Waals surface area (Å²) in [5.74, 6) is -1.46. The van der Waals surface area contributed by atoms with Gasteiger partial charge in [0.05, 0.1) is 23.2 Å². The quantitative estimate of drug-likeness (QED) is 0.911. The summed E-state index contributed by atoms with van der Waals surface area (Å²) < 4.78 is 1.65. The summed E-state index contributed by atoms with van der Waals surface area (Å²) in [6.07, 6.45) is 4.66. The maximum atomic E-state index is 12.7. The average Bonchev–Trinajstić information content (AvgIpc) is 2.90. The van der Waals surface area contributed by atoms with Crippen molar-refractivity contribution in [2.75, 3.05) is 6.54 Å². The Balaban J connectivity index is 1.91. The second kappa shape index (κ2) is 5.20. The second-order valence-electron chi connectivity index (χ2n) is 5.51. The predicted molar refractivity (Wildman–Crippen MR) is 76.1 cm³/mol. The lowest BCUT2D eigenvalue weighted by molar-refractivity contribution is -0.143. The molecule has 2 aromatic rings. The fourth-order valence-corrected chi connectivity index (χ4v) is 2.85. The normalized spacial score (nSPS) is 22.4. The van der Waals surface area contributed by atoms with Gasteiger partial charge in [0.25, 0.3) is 5.91 Å². The molecule has 110 valence electrons. The zero-order valence-electron chi connectivity index (χ0n) is 11.8. The first-order chi connectivity index (χ1) is 10.1. The van der Waals surface area contributed by atoms with Gasteiger partial charge in [0.15, 0.2) is 0 Å². The highest BCUT2D eigenvalue weighted by molar-refractivity contribution is 6.01. The molecule has 1 aliphatic rings. The van der Waals surface area contributed by atoms with E-state index in [0.29, 0.717) is 18.4 Å². The number of pyridine rings is 1. The van der Waals surface area contributed by atoms with Crippen LogP contribution in [0, 0.1) is 5.92 Å². The van der Waals surface area contributed by atoms with Crippen molar-refractivity contribution in [2.45, 2.75) is 25.8 Å². The maximum absolute atomic E-state index is 12.7. The van der Waals surface area contributed by atoms with Crippen LogP contribution in [-0.2, 0) is 4.79 Å². The highest BCUT2D eigenvalue weighted by Gasteiger charge is 2.33. The summed E-state index contributed by atoms with van der Waals surface area (Å²) in [6, 6.07) is 5.58. The van der Waals surface area contributed by atoms with Crippen LogP contribution in [-0.4, -0.2) is 44.1 Å². The number of carbonyl (C=O) groups is 2. The summed E-state index contributed by atoms with van der Waals surface area (Å²) >= 11 is 0. The molecule has 2 aromatic heterocycles. The van der Waals surface area contributed by atoms with E-state index in [2.05, 4.69) is 5.10 Å². The molecule has 0 aliphatic carbocycles. The van der Waals surface area contributed by atoms with E-state index in [0.717, 1.165) is 5.52 Å². The topological polar surface area (TPSA) is 74.9 Å². The van der Waals surface area contributed by atoms with Crippen LogP contribution in [0.4, 0.5) is 0 Å². The first-order valence-electron chi connectivity index (χ1n) is 7.04. The van der Waals surface area contributed by atoms with Crippen molar-refractivity contribution in [2.24, 2.45) is 5.92 Å². The smallest absolute Gasteiger partial charge is 0.308 e. The van der Waals surface area contributed by atoms with Crippen molar-refractivity contribution in [3.05, 3.63) is 36.2 Å². The molecular weight excluding hydrogens is 270 g/mol. The highest BCUT2D eigenvalue weighted by Crippen LogP contribution is 2.25. The third kappa shape index (κ3) is 2.37. The molecule has 3 rings (SSSR count). The molecule has 6 heteroatoms. The van der Waals surface area contributed by atoms with Gasteiger partial charge in [-0.25, -0.2) is 4.52 Å². The van der Waals surface area contributed by atoms with Gasteiger partial charge < -0.3 is 10.0 Å². The molecule has 0 radical (unpaired) electrons. The molecule has 6 nitrogen and oxygen atoms in total. The number of aliphatic carboxylic acids is 1. The van der Waals surface area contributed by atoms with E-state index < -0.39 is 11.9 Å². The first-order valence-corrected chi connectivity index (χ1v) is 7.04. The number of hydrogen-bond acceptors (Lipinski definition) is 3. The first kappa shape index (κ1) is 13.6. The third-order valence-electron chi connectivity index (χ3n) is 4.15. The maximum Gasteiger partial charge on any atom is 0.308 e. The molecule has 0 bridgehead atoms. The molecule has 1 aliphatic heterocycles. The van der Waals surface area contributed by atoms with Crippen LogP contribution < -0.4 is 0 Å². The van der Waals surface area contributed by atoms with Crippen LogP contribution in [0.25, 0.3) is 5.52 Å². The molecule has 0 saturated carbocycles. The molecule has 1 N–H and O–H groups in total. The fraction of sp³-hybridized carbons (Fsp3) is 0.400. The Bertz CT molecular complexity index is 694. The average molecular weight is 287 g/mol. The van der Waals surface area contributed by atoms with Crippen molar-refractivity contribution in [3.8, 4) is 0 Å². The summed E-state index contributed by atoms with van der Waals surface area (Å²) in [7, 11) is 0. The van der Waals surface area contributed by atoms with Crippen molar-refractivity contribution >= 4 is 17.4 Å². The largest absolute Gasteiger partial charge is 0.481 e. The number of likely N-dealkylation sites (tertiary alicyclic amines) is 1. The van der Waals surface area contributed by atoms with Crippen LogP contribution in [0.2, 0.25) is 0 Å². The van der Waals surface area contributed by atoms with Gasteiger partial charge in [0.1, 0.15) is 0 Å². The van der Waals surface area contributed by atoms with Crippen LogP contribution in [0.5, 0.6) is 0 Å². The van der Waals surface area contributed by atoms with Crippen molar-refractivity contribution in [1.29, 1.82) is 0 Å². The summed E-state index contributed by atoms with van der Waals surface area (Å²) in [6.45, 7) is 2.22. The van der Waals surface area contributed by atoms with Crippen molar-refractivity contribution < 1.29 is 14.7 Å². The zero-order chi connectivity index (χ0) is 15.0. The second-order valence-corrected chi connectivity index (χ2v) is 5.51. The fourth-order valence-electron chi connectivity index (χ4n) is 2.85. The molecule has 1 fully saturated rings. The Morgan fingerprint density at radius 1 is 1.33 bits per heavy atom. The Hall–Kier alpha value is -2.37. The molecule has 0 aromatic carbocycles. The van der Waals surface area contributed by atoms with E-state index in [4.69, 9.17) is 0 Å². The van der Waals surface area contributed by atoms with Gasteiger partial charge in [-0.05, 0) is 31.9 Å². The van der Waals surface area contributed by atoms with Gasteiger partial charge in [0.2, 0.25) is 0 Å². The predicted octanol–water partition coefficient (Wildman–Crippen LogP) is 1.66. The van der Waals surface area contributed by atoms with Gasteiger partial charge in [-0.15, -0.1) is 0 Å². The van der Waals surface area contributed by atoms with Crippen LogP contribution in [0.15, 0.2) is 30.6 Å². The van der Waals surface area contributed by atoms with Crippen LogP contribution in [0.1, 0.15) is 30.1 Å². The number of fused-ring (bicyclic) bond motifs is 1. The third-order valence-corrected chi connectivity index (χ3v) is 4.15. The van der Waals surface area contributed by atoms with Crippen molar-refractivity contribution in [3.63, 3.8) is 0 Å². The Morgan fingerprint density at radius 2 is 2.14 bits per heavy atom. The zero-order valence-corrected chi connectivity index (χ0v) is 11.8. The van der Waals surface area contributed by atoms with Gasteiger partial charge in [-0.2, -0.15) is 5.10 Å². The van der Waals surface area contributed by atoms with E-state index in [1.807, 2.05) is 25.1 Å². The van der Waals surface area contributed by atoms with Gasteiger partial charge in [-0.3, -0.25) is 9.59 Å². The number of amides is 1. The number of carbonyl (C=O) groups excluding carboxylic acids is 1. The molecular formula is C15H17N3O3. The van der Waals surface area contributed by atoms with Crippen molar-refractivity contribution in [1.82, 2.24) is 14.5 Å². The minimum Gasteiger partial charge on any atom is -0.481 e. The summed E-state index contributed by atoms with van der Waals surface area (Å²) in [5.41, 5.74) is 1.26. The van der Waals surface area contributed by atoms with E-state index >= 15 is 0 Å². The van der Waals surface area contributed by atoms with Gasteiger partial charge >= 0.3 is 5.97 Å². The Morgan fingerprint density at radius 3 is 2.90 bits per heavy atom. The van der Waals surface area contributed by atoms with E-state index in [1.165, 1.54) is 0 Å². The van der Waals surface area contributed by atoms with Crippen LogP contribution >= 0.6 is 0 Å². The molecule has 2 unspecified atom stereocenters. The molecule has 2 atom stereocenters. The highest BCUT2D eigenvalue weighted by atomic mass is 16.4. The molecule has 21 heavy (non-hydrogen) atoms. The molecule has 1 amide bonds. The molecule has 1 saturated heterocycles. The number of rotatable bonds is 2. The van der Waals surface area contributed by atoms with E-state index in [1.54, 1.807) is 21.8 Å². The summed E-state index contributed by atoms with van der Waals surface area (Å²) in [5, 5.41) is 13.3. The minimum atomic E-state index is -0.834. The summed E-state index contributed by atoms with van der Waals surface area (Å²) in [4.78, 5) is 25.6. The number of piperidine rings is 1. The van der Waals surface area contributed by atoms with Gasteiger partial charge in [-0.1, -0.05) is 6.07 Å². The van der Waals surface area contributed by atoms with Gasteiger partial charge in [0, 0.05) is 18.8 Å². The lowest BCUT2D eigenvalue weighted by Crippen LogP contribution is -2.47. The number of nitrogens with zero attached hydrogens (tertiary/aromatic N) is 3. The standard InChI is InChI=1S/C15H17N3O3/c1-10-5-6-11(15(20)21)9-17(10)14(19)12-8-16-18-7-3-2-4-13(12)18/h2-4,7-8,10-11H,5-6,9H2,1H3,(H,20,21). The number of carboxylic acids is 1. The van der Waals surface area contributed by atoms with E-state index in [-0.39, 0.29) is 18.5 Å². The molecule has 0 spiro atoms. The van der Waals surface area contributed by atoms with Crippen LogP contribution in [0.3, 0.4) is 0 Å².